The number of carbonyl (C=O) groups excluding carboxylic acids is 1. The van der Waals surface area contributed by atoms with Gasteiger partial charge < -0.3 is 15.4 Å². The first kappa shape index (κ1) is 12.0. The second kappa shape index (κ2) is 5.24. The van der Waals surface area contributed by atoms with Gasteiger partial charge in [0.1, 0.15) is 18.2 Å². The van der Waals surface area contributed by atoms with Crippen molar-refractivity contribution in [2.24, 2.45) is 0 Å². The number of aromatic amines is 1. The maximum Gasteiger partial charge on any atom is 0.240 e. The molecule has 1 aliphatic heterocycles. The fourth-order valence-corrected chi connectivity index (χ4v) is 1.82. The van der Waals surface area contributed by atoms with Crippen LogP contribution in [-0.2, 0) is 9.53 Å². The lowest BCUT2D eigenvalue weighted by Crippen LogP contribution is -2.55. The molecule has 0 radical (unpaired) electrons. The molecule has 0 aliphatic carbocycles. The highest BCUT2D eigenvalue weighted by molar-refractivity contribution is 5.82. The summed E-state index contributed by atoms with van der Waals surface area (Å²) in [6.45, 7) is 5.07. The lowest BCUT2D eigenvalue weighted by molar-refractivity contribution is -0.129. The van der Waals surface area contributed by atoms with Gasteiger partial charge in [-0.25, -0.2) is 4.98 Å². The molecule has 1 aliphatic rings. The highest BCUT2D eigenvalue weighted by atomic mass is 16.5. The van der Waals surface area contributed by atoms with Crippen molar-refractivity contribution in [2.75, 3.05) is 13.2 Å². The van der Waals surface area contributed by atoms with Crippen LogP contribution in [0.2, 0.25) is 0 Å². The van der Waals surface area contributed by atoms with Crippen LogP contribution in [0.4, 0.5) is 0 Å². The van der Waals surface area contributed by atoms with Gasteiger partial charge in [-0.05, 0) is 13.8 Å². The maximum absolute atomic E-state index is 12.0. The maximum atomic E-state index is 12.0. The lowest BCUT2D eigenvalue weighted by atomic mass is 10.1. The average Bonchev–Trinajstić information content (AvgIpc) is 2.82. The van der Waals surface area contributed by atoms with Crippen LogP contribution in [0.1, 0.15) is 25.7 Å². The van der Waals surface area contributed by atoms with Crippen LogP contribution in [0.5, 0.6) is 0 Å². The first-order chi connectivity index (χ1) is 8.18. The van der Waals surface area contributed by atoms with E-state index in [9.17, 15) is 4.79 Å². The van der Waals surface area contributed by atoms with Crippen molar-refractivity contribution in [1.29, 1.82) is 0 Å². The molecule has 3 N–H and O–H groups in total. The molecule has 2 heterocycles. The molecule has 0 spiro atoms. The largest absolute Gasteiger partial charge is 0.375 e. The van der Waals surface area contributed by atoms with Crippen LogP contribution in [0.3, 0.4) is 0 Å². The molecule has 7 heteroatoms. The molecular formula is C10H17N5O2. The van der Waals surface area contributed by atoms with Crippen LogP contribution in [0.25, 0.3) is 0 Å². The zero-order valence-electron chi connectivity index (χ0n) is 9.93. The normalized spacial score (nSPS) is 26.5. The van der Waals surface area contributed by atoms with E-state index in [1.807, 2.05) is 13.8 Å². The van der Waals surface area contributed by atoms with Gasteiger partial charge in [-0.2, -0.15) is 5.10 Å². The van der Waals surface area contributed by atoms with Gasteiger partial charge in [0.2, 0.25) is 5.91 Å². The Balaban J connectivity index is 1.92. The van der Waals surface area contributed by atoms with Gasteiger partial charge in [0.05, 0.1) is 18.8 Å². The Bertz CT molecular complexity index is 367. The molecular weight excluding hydrogens is 222 g/mol. The summed E-state index contributed by atoms with van der Waals surface area (Å²) in [5, 5.41) is 12.5. The van der Waals surface area contributed by atoms with E-state index in [0.717, 1.165) is 0 Å². The Kier molecular flexibility index (Phi) is 3.70. The summed E-state index contributed by atoms with van der Waals surface area (Å²) in [4.78, 5) is 16.0. The molecule has 94 valence electrons. The summed E-state index contributed by atoms with van der Waals surface area (Å²) in [5.41, 5.74) is 0. The molecule has 1 aromatic rings. The third kappa shape index (κ3) is 2.80. The fourth-order valence-electron chi connectivity index (χ4n) is 1.82. The Hall–Kier alpha value is -1.47. The molecule has 1 fully saturated rings. The van der Waals surface area contributed by atoms with Gasteiger partial charge in [0, 0.05) is 6.54 Å². The number of H-pyrrole nitrogens is 1. The Morgan fingerprint density at radius 2 is 2.53 bits per heavy atom. The summed E-state index contributed by atoms with van der Waals surface area (Å²) < 4.78 is 5.42. The van der Waals surface area contributed by atoms with Crippen LogP contribution < -0.4 is 10.6 Å². The van der Waals surface area contributed by atoms with E-state index in [1.54, 1.807) is 0 Å². The molecule has 0 bridgehead atoms. The number of rotatable bonds is 3. The quantitative estimate of drug-likeness (QED) is 0.652. The fraction of sp³-hybridized carbons (Fsp3) is 0.700. The minimum atomic E-state index is -0.311. The van der Waals surface area contributed by atoms with Crippen LogP contribution in [0.15, 0.2) is 6.33 Å². The predicted molar refractivity (Wildman–Crippen MR) is 60.1 cm³/mol. The summed E-state index contributed by atoms with van der Waals surface area (Å²) >= 11 is 0. The van der Waals surface area contributed by atoms with Gasteiger partial charge in [0.25, 0.3) is 0 Å². The van der Waals surface area contributed by atoms with E-state index < -0.39 is 0 Å². The van der Waals surface area contributed by atoms with E-state index >= 15 is 0 Å². The number of aromatic nitrogens is 3. The van der Waals surface area contributed by atoms with Crippen molar-refractivity contribution in [1.82, 2.24) is 25.8 Å². The molecule has 2 rings (SSSR count). The molecule has 1 saturated heterocycles. The Morgan fingerprint density at radius 1 is 1.71 bits per heavy atom. The highest BCUT2D eigenvalue weighted by Gasteiger charge is 2.29. The van der Waals surface area contributed by atoms with Crippen LogP contribution in [-0.4, -0.2) is 46.4 Å². The number of hydrogen-bond donors (Lipinski definition) is 3. The molecule has 0 saturated carbocycles. The second-order valence-electron chi connectivity index (χ2n) is 4.11. The van der Waals surface area contributed by atoms with E-state index in [2.05, 4.69) is 25.8 Å². The number of carbonyl (C=O) groups is 1. The lowest BCUT2D eigenvalue weighted by Gasteiger charge is -2.30. The summed E-state index contributed by atoms with van der Waals surface area (Å²) in [5.74, 6) is 0.559. The van der Waals surface area contributed by atoms with Gasteiger partial charge in [-0.15, -0.1) is 0 Å². The predicted octanol–water partition coefficient (Wildman–Crippen LogP) is -0.641. The molecule has 1 aromatic heterocycles. The molecule has 17 heavy (non-hydrogen) atoms. The topological polar surface area (TPSA) is 91.9 Å². The summed E-state index contributed by atoms with van der Waals surface area (Å²) in [7, 11) is 0. The van der Waals surface area contributed by atoms with Gasteiger partial charge in [-0.1, -0.05) is 0 Å². The number of amides is 1. The SMILES string of the molecule is CC(NC(=O)[C@H]1NCCO[C@@H]1C)c1ncn[nH]1. The molecule has 0 aromatic carbocycles. The molecule has 7 nitrogen and oxygen atoms in total. The number of ether oxygens (including phenoxy) is 1. The number of hydrogen-bond acceptors (Lipinski definition) is 5. The van der Waals surface area contributed by atoms with E-state index in [0.29, 0.717) is 19.0 Å². The Morgan fingerprint density at radius 3 is 3.18 bits per heavy atom. The van der Waals surface area contributed by atoms with Gasteiger partial charge in [0.15, 0.2) is 0 Å². The smallest absolute Gasteiger partial charge is 0.240 e. The number of nitrogens with zero attached hydrogens (tertiary/aromatic N) is 2. The standard InChI is InChI=1S/C10H17N5O2/c1-6(9-12-5-13-15-9)14-10(16)8-7(2)17-4-3-11-8/h5-8,11H,3-4H2,1-2H3,(H,14,16)(H,12,13,15)/t6?,7-,8+/m1/s1. The summed E-state index contributed by atoms with van der Waals surface area (Å²) in [6, 6.07) is -0.505. The summed E-state index contributed by atoms with van der Waals surface area (Å²) in [6.07, 6.45) is 1.30. The van der Waals surface area contributed by atoms with E-state index in [-0.39, 0.29) is 24.1 Å². The van der Waals surface area contributed by atoms with Crippen molar-refractivity contribution in [3.63, 3.8) is 0 Å². The first-order valence-electron chi connectivity index (χ1n) is 5.69. The average molecular weight is 239 g/mol. The van der Waals surface area contributed by atoms with Gasteiger partial charge >= 0.3 is 0 Å². The van der Waals surface area contributed by atoms with E-state index in [1.165, 1.54) is 6.33 Å². The van der Waals surface area contributed by atoms with Crippen LogP contribution >= 0.6 is 0 Å². The van der Waals surface area contributed by atoms with Gasteiger partial charge in [-0.3, -0.25) is 9.89 Å². The molecule has 1 unspecified atom stereocenters. The van der Waals surface area contributed by atoms with Crippen molar-refractivity contribution in [2.45, 2.75) is 32.0 Å². The third-order valence-corrected chi connectivity index (χ3v) is 2.80. The zero-order valence-corrected chi connectivity index (χ0v) is 9.93. The van der Waals surface area contributed by atoms with Crippen molar-refractivity contribution in [3.8, 4) is 0 Å². The van der Waals surface area contributed by atoms with Crippen molar-refractivity contribution >= 4 is 5.91 Å². The Labute approximate surface area is 99.3 Å². The zero-order chi connectivity index (χ0) is 12.3. The second-order valence-corrected chi connectivity index (χ2v) is 4.11. The first-order valence-corrected chi connectivity index (χ1v) is 5.69. The van der Waals surface area contributed by atoms with Crippen molar-refractivity contribution in [3.05, 3.63) is 12.2 Å². The highest BCUT2D eigenvalue weighted by Crippen LogP contribution is 2.08. The molecule has 1 amide bonds. The van der Waals surface area contributed by atoms with Crippen LogP contribution in [0, 0.1) is 0 Å². The monoisotopic (exact) mass is 239 g/mol. The minimum absolute atomic E-state index is 0.0823. The number of morpholine rings is 1. The number of nitrogens with one attached hydrogen (secondary N) is 3. The molecule has 3 atom stereocenters. The van der Waals surface area contributed by atoms with Crippen molar-refractivity contribution < 1.29 is 9.53 Å². The van der Waals surface area contributed by atoms with E-state index in [4.69, 9.17) is 4.74 Å². The third-order valence-electron chi connectivity index (χ3n) is 2.80. The minimum Gasteiger partial charge on any atom is -0.375 e.